The van der Waals surface area contributed by atoms with E-state index in [1.54, 1.807) is 23.3 Å². The van der Waals surface area contributed by atoms with Crippen LogP contribution in [0.4, 0.5) is 0 Å². The summed E-state index contributed by atoms with van der Waals surface area (Å²) in [6.45, 7) is 20.4. The van der Waals surface area contributed by atoms with Crippen molar-refractivity contribution in [1.82, 2.24) is 0 Å². The van der Waals surface area contributed by atoms with Crippen LogP contribution in [-0.2, 0) is 29.8 Å². The van der Waals surface area contributed by atoms with Crippen molar-refractivity contribution >= 4 is 27.0 Å². The minimum absolute atomic E-state index is 0. The van der Waals surface area contributed by atoms with Crippen LogP contribution in [0.3, 0.4) is 0 Å². The topological polar surface area (TPSA) is 0 Å². The Balaban J connectivity index is 0.000000296. The molecule has 0 aromatic heterocycles. The van der Waals surface area contributed by atoms with E-state index in [4.69, 9.17) is 0 Å². The van der Waals surface area contributed by atoms with Gasteiger partial charge in [-0.05, 0) is 52.8 Å². The largest absolute Gasteiger partial charge is 1.00 e. The minimum atomic E-state index is 0. The third kappa shape index (κ3) is 11.4. The number of hydrogen-bond donors (Lipinski definition) is 0. The number of rotatable bonds is 8. The summed E-state index contributed by atoms with van der Waals surface area (Å²) in [6.07, 6.45) is 3.48. The van der Waals surface area contributed by atoms with E-state index >= 15 is 0 Å². The summed E-state index contributed by atoms with van der Waals surface area (Å²) in [4.78, 5) is 0. The Hall–Kier alpha value is -2.22. The van der Waals surface area contributed by atoms with Crippen LogP contribution in [0.2, 0.25) is 13.1 Å². The summed E-state index contributed by atoms with van der Waals surface area (Å²) in [7, 11) is 0. The van der Waals surface area contributed by atoms with E-state index in [0.29, 0.717) is 17.8 Å². The van der Waals surface area contributed by atoms with Gasteiger partial charge >= 0.3 is 41.9 Å². The quantitative estimate of drug-likeness (QED) is 0.109. The summed E-state index contributed by atoms with van der Waals surface area (Å²) in [5.41, 5.74) is 11.3. The molecule has 0 bridgehead atoms. The first-order valence-corrected chi connectivity index (χ1v) is 23.8. The molecule has 0 nitrogen and oxygen atoms in total. The predicted octanol–water partition coefficient (Wildman–Crippen LogP) is 7.96. The second kappa shape index (κ2) is 20.6. The fourth-order valence-corrected chi connectivity index (χ4v) is 6.06. The molecular formula is C45H54Cl2SiZr-2. The monoisotopic (exact) mass is 782 g/mol. The van der Waals surface area contributed by atoms with Crippen LogP contribution in [-0.4, -0.2) is 5.43 Å². The maximum absolute atomic E-state index is 2.38. The number of fused-ring (bicyclic) bond motifs is 2. The molecule has 6 aromatic carbocycles. The first-order valence-electron chi connectivity index (χ1n) is 17.7. The Morgan fingerprint density at radius 1 is 0.592 bits per heavy atom. The Bertz CT molecular complexity index is 1870. The van der Waals surface area contributed by atoms with Gasteiger partial charge in [0.1, 0.15) is 0 Å². The third-order valence-corrected chi connectivity index (χ3v) is 9.46. The molecule has 0 aliphatic heterocycles. The summed E-state index contributed by atoms with van der Waals surface area (Å²) in [5.74, 6) is 1.85. The molecule has 49 heavy (non-hydrogen) atoms. The molecule has 0 aliphatic rings. The van der Waals surface area contributed by atoms with Crippen LogP contribution in [0.1, 0.15) is 101 Å². The Morgan fingerprint density at radius 2 is 1.04 bits per heavy atom. The number of aryl methyl sites for hydroxylation is 1. The molecule has 2 unspecified atom stereocenters. The molecule has 0 heterocycles. The maximum atomic E-state index is 2.38. The summed E-state index contributed by atoms with van der Waals surface area (Å²) in [6, 6.07) is 40.8. The molecule has 4 heteroatoms. The van der Waals surface area contributed by atoms with E-state index in [9.17, 15) is 0 Å². The van der Waals surface area contributed by atoms with Gasteiger partial charge in [-0.25, -0.2) is 0 Å². The zero-order valence-electron chi connectivity index (χ0n) is 31.0. The van der Waals surface area contributed by atoms with Gasteiger partial charge in [-0.3, -0.25) is 0 Å². The fraction of sp³-hybridized carbons (Fsp3) is 0.333. The average Bonchev–Trinajstić information content (AvgIpc) is 3.72. The molecule has 2 atom stereocenters. The summed E-state index contributed by atoms with van der Waals surface area (Å²) < 4.78 is 0. The zero-order valence-corrected chi connectivity index (χ0v) is 36.0. The molecule has 0 saturated heterocycles. The molecule has 0 amide bonds. The Morgan fingerprint density at radius 3 is 1.49 bits per heavy atom. The van der Waals surface area contributed by atoms with Gasteiger partial charge in [0.05, 0.1) is 0 Å². The van der Waals surface area contributed by atoms with E-state index in [2.05, 4.69) is 171 Å². The van der Waals surface area contributed by atoms with Crippen molar-refractivity contribution in [2.45, 2.75) is 98.6 Å². The average molecular weight is 785 g/mol. The van der Waals surface area contributed by atoms with Crippen molar-refractivity contribution in [2.75, 3.05) is 0 Å². The second-order valence-corrected chi connectivity index (χ2v) is 23.0. The van der Waals surface area contributed by atoms with Crippen molar-refractivity contribution in [3.63, 3.8) is 0 Å². The number of hydrogen-bond acceptors (Lipinski definition) is 0. The molecule has 0 radical (unpaired) electrons. The molecule has 6 aromatic rings. The molecule has 6 rings (SSSR count). The zero-order chi connectivity index (χ0) is 34.1. The molecule has 0 fully saturated rings. The molecule has 0 saturated carbocycles. The van der Waals surface area contributed by atoms with Gasteiger partial charge in [0.25, 0.3) is 0 Å². The normalized spacial score (nSPS) is 11.8. The van der Waals surface area contributed by atoms with Crippen LogP contribution >= 0.6 is 0 Å². The van der Waals surface area contributed by atoms with Crippen molar-refractivity contribution in [1.29, 1.82) is 0 Å². The Labute approximate surface area is 325 Å². The SMILES string of the molecule is CCC(C)c1cc2c(-c3ccc(C(C)C)cc3)cccc2[cH-]1.CCc1cc2c(-c3ccc(C(C)CC)cc3)cccc2[cH-]1.C[Si](C)=[Zr+2].[Cl-].[Cl-]. The van der Waals surface area contributed by atoms with Gasteiger partial charge in [0.15, 0.2) is 0 Å². The molecular weight excluding hydrogens is 731 g/mol. The van der Waals surface area contributed by atoms with Crippen molar-refractivity contribution in [3.8, 4) is 22.3 Å². The molecule has 0 spiro atoms. The second-order valence-electron chi connectivity index (χ2n) is 13.6. The van der Waals surface area contributed by atoms with E-state index in [0.717, 1.165) is 6.42 Å². The fourth-order valence-electron chi connectivity index (χ4n) is 6.06. The van der Waals surface area contributed by atoms with E-state index in [-0.39, 0.29) is 30.2 Å². The van der Waals surface area contributed by atoms with Gasteiger partial charge < -0.3 is 24.8 Å². The van der Waals surface area contributed by atoms with Gasteiger partial charge in [0, 0.05) is 0 Å². The molecule has 258 valence electrons. The maximum Gasteiger partial charge on any atom is -1.00 e. The first-order chi connectivity index (χ1) is 22.6. The van der Waals surface area contributed by atoms with E-state index < -0.39 is 0 Å². The molecule has 0 aliphatic carbocycles. The molecule has 0 N–H and O–H groups in total. The van der Waals surface area contributed by atoms with E-state index in [1.807, 2.05) is 0 Å². The number of benzene rings is 4. The van der Waals surface area contributed by atoms with Gasteiger partial charge in [-0.1, -0.05) is 127 Å². The Kier molecular flexibility index (Phi) is 18.0. The summed E-state index contributed by atoms with van der Waals surface area (Å²) >= 11 is 1.74. The van der Waals surface area contributed by atoms with Crippen LogP contribution in [0.25, 0.3) is 43.8 Å². The van der Waals surface area contributed by atoms with Crippen molar-refractivity contribution < 1.29 is 48.1 Å². The van der Waals surface area contributed by atoms with Crippen LogP contribution in [0.15, 0.2) is 109 Å². The predicted molar refractivity (Wildman–Crippen MR) is 208 cm³/mol. The van der Waals surface area contributed by atoms with Crippen molar-refractivity contribution in [2.24, 2.45) is 0 Å². The van der Waals surface area contributed by atoms with Crippen LogP contribution in [0.5, 0.6) is 0 Å². The van der Waals surface area contributed by atoms with Crippen LogP contribution in [0, 0.1) is 0 Å². The minimum Gasteiger partial charge on any atom is -1.00 e. The third-order valence-electron chi connectivity index (χ3n) is 9.46. The first kappa shape index (κ1) is 42.9. The van der Waals surface area contributed by atoms with Crippen LogP contribution < -0.4 is 24.8 Å². The number of halogens is 2. The van der Waals surface area contributed by atoms with E-state index in [1.165, 1.54) is 78.9 Å². The summed E-state index contributed by atoms with van der Waals surface area (Å²) in [5, 5.41) is 5.48. The van der Waals surface area contributed by atoms with Gasteiger partial charge in [0.2, 0.25) is 0 Å². The van der Waals surface area contributed by atoms with Gasteiger partial charge in [-0.15, -0.1) is 69.1 Å². The van der Waals surface area contributed by atoms with Crippen molar-refractivity contribution in [3.05, 3.63) is 131 Å². The standard InChI is InChI=1S/C22H25.C21H23.C2H6Si.2ClH.Zr/c1-5-16(4)20-13-19-7-6-8-21(22(19)14-20)18-11-9-17(10-12-18)15(2)3;1-4-15(3)17-9-11-18(12-10-17)20-8-6-7-19-13-16(5-2)14-21(19)20;1-3-2;;;/h6-16H,5H2,1-4H3;6-15H,4-5H2,1-3H3;1-2H3;2*1H;/q2*-1;;;;+2/p-2. The van der Waals surface area contributed by atoms with Gasteiger partial charge in [-0.2, -0.15) is 12.1 Å². The smallest absolute Gasteiger partial charge is 1.00 e.